The van der Waals surface area contributed by atoms with Crippen molar-refractivity contribution in [2.45, 2.75) is 20.8 Å². The highest BCUT2D eigenvalue weighted by Crippen LogP contribution is 2.24. The lowest BCUT2D eigenvalue weighted by atomic mass is 10.2. The predicted molar refractivity (Wildman–Crippen MR) is 78.2 cm³/mol. The van der Waals surface area contributed by atoms with Gasteiger partial charge in [-0.3, -0.25) is 4.79 Å². The Labute approximate surface area is 121 Å². The summed E-state index contributed by atoms with van der Waals surface area (Å²) >= 11 is 3.32. The Morgan fingerprint density at radius 2 is 2.05 bits per heavy atom. The summed E-state index contributed by atoms with van der Waals surface area (Å²) in [6.07, 6.45) is 1.51. The van der Waals surface area contributed by atoms with Gasteiger partial charge in [-0.25, -0.2) is 4.79 Å². The molecule has 0 aromatic heterocycles. The van der Waals surface area contributed by atoms with Crippen molar-refractivity contribution >= 4 is 33.5 Å². The molecular formula is C14H16BrNO3. The van der Waals surface area contributed by atoms with Crippen LogP contribution in [-0.2, 0) is 9.53 Å². The molecule has 102 valence electrons. The summed E-state index contributed by atoms with van der Waals surface area (Å²) in [7, 11) is 0. The zero-order valence-corrected chi connectivity index (χ0v) is 12.7. The molecule has 1 rings (SSSR count). The lowest BCUT2D eigenvalue weighted by molar-refractivity contribution is -0.111. The van der Waals surface area contributed by atoms with Crippen molar-refractivity contribution in [3.63, 3.8) is 0 Å². The molecule has 0 unspecified atom stereocenters. The molecule has 0 saturated heterocycles. The number of nitrogens with one attached hydrogen (secondary N) is 1. The molecular weight excluding hydrogens is 310 g/mol. The van der Waals surface area contributed by atoms with E-state index < -0.39 is 0 Å². The molecule has 1 aromatic carbocycles. The number of hydrogen-bond donors (Lipinski definition) is 1. The Balaban J connectivity index is 2.86. The minimum Gasteiger partial charge on any atom is -0.462 e. The van der Waals surface area contributed by atoms with Crippen LogP contribution in [0.15, 0.2) is 34.3 Å². The molecule has 0 aliphatic carbocycles. The average molecular weight is 326 g/mol. The Morgan fingerprint density at radius 3 is 2.58 bits per heavy atom. The Hall–Kier alpha value is -1.62. The molecule has 0 atom stereocenters. The first-order valence-corrected chi connectivity index (χ1v) is 6.66. The fraction of sp³-hybridized carbons (Fsp3) is 0.286. The molecule has 0 radical (unpaired) electrons. The fourth-order valence-electron chi connectivity index (χ4n) is 1.39. The minimum absolute atomic E-state index is 0.204. The van der Waals surface area contributed by atoms with Crippen molar-refractivity contribution < 1.29 is 14.3 Å². The summed E-state index contributed by atoms with van der Waals surface area (Å²) in [5, 5.41) is 2.73. The van der Waals surface area contributed by atoms with Crippen molar-refractivity contribution in [3.05, 3.63) is 39.9 Å². The normalized spacial score (nSPS) is 9.68. The maximum Gasteiger partial charge on any atom is 0.338 e. The number of halogens is 1. The van der Waals surface area contributed by atoms with Crippen molar-refractivity contribution in [1.82, 2.24) is 0 Å². The second-order valence-electron chi connectivity index (χ2n) is 4.13. The van der Waals surface area contributed by atoms with Gasteiger partial charge in [-0.05, 0) is 54.9 Å². The summed E-state index contributed by atoms with van der Waals surface area (Å²) in [6.45, 7) is 5.77. The van der Waals surface area contributed by atoms with Crippen LogP contribution >= 0.6 is 15.9 Å². The number of hydrogen-bond acceptors (Lipinski definition) is 3. The van der Waals surface area contributed by atoms with E-state index in [2.05, 4.69) is 21.2 Å². The number of ether oxygens (including phenoxy) is 1. The van der Waals surface area contributed by atoms with Crippen LogP contribution in [0.3, 0.4) is 0 Å². The van der Waals surface area contributed by atoms with E-state index >= 15 is 0 Å². The van der Waals surface area contributed by atoms with E-state index in [9.17, 15) is 9.59 Å². The van der Waals surface area contributed by atoms with Crippen LogP contribution in [0.4, 0.5) is 5.69 Å². The van der Waals surface area contributed by atoms with Gasteiger partial charge in [0.05, 0.1) is 17.9 Å². The largest absolute Gasteiger partial charge is 0.462 e. The molecule has 5 heteroatoms. The fourth-order valence-corrected chi connectivity index (χ4v) is 1.87. The molecule has 0 fully saturated rings. The zero-order chi connectivity index (χ0) is 14.4. The molecule has 19 heavy (non-hydrogen) atoms. The zero-order valence-electron chi connectivity index (χ0n) is 11.1. The maximum atomic E-state index is 11.6. The van der Waals surface area contributed by atoms with E-state index in [4.69, 9.17) is 4.74 Å². The molecule has 0 aliphatic rings. The van der Waals surface area contributed by atoms with E-state index in [-0.39, 0.29) is 11.9 Å². The van der Waals surface area contributed by atoms with Gasteiger partial charge in [0.1, 0.15) is 0 Å². The van der Waals surface area contributed by atoms with E-state index in [0.29, 0.717) is 22.3 Å². The van der Waals surface area contributed by atoms with E-state index in [1.165, 1.54) is 6.08 Å². The van der Waals surface area contributed by atoms with Gasteiger partial charge in [-0.15, -0.1) is 0 Å². The molecule has 1 N–H and O–H groups in total. The number of esters is 1. The topological polar surface area (TPSA) is 55.4 Å². The molecule has 4 nitrogen and oxygen atoms in total. The van der Waals surface area contributed by atoms with Gasteiger partial charge in [-0.2, -0.15) is 0 Å². The molecule has 1 amide bonds. The highest BCUT2D eigenvalue weighted by molar-refractivity contribution is 9.10. The molecule has 0 bridgehead atoms. The van der Waals surface area contributed by atoms with Gasteiger partial charge >= 0.3 is 5.97 Å². The number of anilines is 1. The third-order valence-corrected chi connectivity index (χ3v) is 2.81. The second-order valence-corrected chi connectivity index (χ2v) is 4.98. The maximum absolute atomic E-state index is 11.6. The van der Waals surface area contributed by atoms with Crippen molar-refractivity contribution in [2.24, 2.45) is 0 Å². The van der Waals surface area contributed by atoms with Crippen LogP contribution in [-0.4, -0.2) is 18.5 Å². The molecule has 0 saturated carbocycles. The minimum atomic E-state index is -0.384. The monoisotopic (exact) mass is 325 g/mol. The summed E-state index contributed by atoms with van der Waals surface area (Å²) in [5.74, 6) is -0.588. The van der Waals surface area contributed by atoms with Crippen LogP contribution in [0, 0.1) is 0 Å². The van der Waals surface area contributed by atoms with Gasteiger partial charge in [0.25, 0.3) is 0 Å². The third-order valence-electron chi connectivity index (χ3n) is 2.16. The van der Waals surface area contributed by atoms with E-state index in [1.54, 1.807) is 25.1 Å². The number of rotatable bonds is 4. The van der Waals surface area contributed by atoms with E-state index in [1.807, 2.05) is 13.8 Å². The average Bonchev–Trinajstić information content (AvgIpc) is 2.31. The number of carbonyl (C=O) groups excluding carboxylic acids is 2. The van der Waals surface area contributed by atoms with Crippen molar-refractivity contribution in [1.29, 1.82) is 0 Å². The van der Waals surface area contributed by atoms with Gasteiger partial charge in [0.2, 0.25) is 5.91 Å². The molecule has 1 aromatic rings. The first kappa shape index (κ1) is 15.4. The third kappa shape index (κ3) is 4.87. The Kier molecular flexibility index (Phi) is 5.76. The van der Waals surface area contributed by atoms with Crippen LogP contribution in [0.25, 0.3) is 0 Å². The highest BCUT2D eigenvalue weighted by atomic mass is 79.9. The molecule has 0 heterocycles. The molecule has 0 aliphatic heterocycles. The standard InChI is InChI=1S/C14H16BrNO3/c1-4-19-14(18)10-5-6-12(11(15)8-10)16-13(17)7-9(2)3/h5-8H,4H2,1-3H3,(H,16,17). The SMILES string of the molecule is CCOC(=O)c1ccc(NC(=O)C=C(C)C)c(Br)c1. The lowest BCUT2D eigenvalue weighted by Crippen LogP contribution is -2.10. The lowest BCUT2D eigenvalue weighted by Gasteiger charge is -2.07. The first-order chi connectivity index (χ1) is 8.93. The summed E-state index contributed by atoms with van der Waals surface area (Å²) < 4.78 is 5.53. The van der Waals surface area contributed by atoms with Crippen molar-refractivity contribution in [3.8, 4) is 0 Å². The van der Waals surface area contributed by atoms with Gasteiger partial charge in [0, 0.05) is 10.5 Å². The smallest absolute Gasteiger partial charge is 0.338 e. The predicted octanol–water partition coefficient (Wildman–Crippen LogP) is 3.53. The summed E-state index contributed by atoms with van der Waals surface area (Å²) in [5.41, 5.74) is 1.96. The Morgan fingerprint density at radius 1 is 1.37 bits per heavy atom. The summed E-state index contributed by atoms with van der Waals surface area (Å²) in [4.78, 5) is 23.1. The van der Waals surface area contributed by atoms with Crippen molar-refractivity contribution in [2.75, 3.05) is 11.9 Å². The summed E-state index contributed by atoms with van der Waals surface area (Å²) in [6, 6.07) is 4.89. The quantitative estimate of drug-likeness (QED) is 0.680. The van der Waals surface area contributed by atoms with Gasteiger partial charge in [0.15, 0.2) is 0 Å². The first-order valence-electron chi connectivity index (χ1n) is 5.86. The molecule has 0 spiro atoms. The number of carbonyl (C=O) groups is 2. The van der Waals surface area contributed by atoms with Crippen LogP contribution < -0.4 is 5.32 Å². The number of amides is 1. The van der Waals surface area contributed by atoms with E-state index in [0.717, 1.165) is 5.57 Å². The number of benzene rings is 1. The van der Waals surface area contributed by atoms with Crippen LogP contribution in [0.5, 0.6) is 0 Å². The Bertz CT molecular complexity index is 519. The van der Waals surface area contributed by atoms with Crippen LogP contribution in [0.1, 0.15) is 31.1 Å². The van der Waals surface area contributed by atoms with Gasteiger partial charge < -0.3 is 10.1 Å². The van der Waals surface area contributed by atoms with Crippen LogP contribution in [0.2, 0.25) is 0 Å². The highest BCUT2D eigenvalue weighted by Gasteiger charge is 2.10. The van der Waals surface area contributed by atoms with Gasteiger partial charge in [-0.1, -0.05) is 5.57 Å². The second kappa shape index (κ2) is 7.09. The number of allylic oxidation sites excluding steroid dienone is 1.